The van der Waals surface area contributed by atoms with Crippen molar-refractivity contribution in [1.29, 1.82) is 0 Å². The molecular formula is C2H3Cl2NO. The summed E-state index contributed by atoms with van der Waals surface area (Å²) in [6.07, 6.45) is 0. The summed E-state index contributed by atoms with van der Waals surface area (Å²) in [5, 5.41) is 0. The largest absolute Gasteiger partial charge is 0.367 e. The van der Waals surface area contributed by atoms with Crippen molar-refractivity contribution in [2.75, 3.05) is 0 Å². The van der Waals surface area contributed by atoms with Gasteiger partial charge in [0.1, 0.15) is 0 Å². The van der Waals surface area contributed by atoms with E-state index in [1.54, 1.807) is 0 Å². The van der Waals surface area contributed by atoms with Crippen LogP contribution in [0.1, 0.15) is 1.37 Å². The molecule has 0 spiro atoms. The normalized spacial score (nSPS) is 13.3. The number of carbonyl (C=O) groups is 1. The van der Waals surface area contributed by atoms with Crippen molar-refractivity contribution < 1.29 is 6.17 Å². The predicted octanol–water partition coefficient (Wildman–Crippen LogP) is 0.275. The third kappa shape index (κ3) is 2.30. The molecule has 4 heteroatoms. The average molecular weight is 129 g/mol. The van der Waals surface area contributed by atoms with E-state index in [2.05, 4.69) is 5.73 Å². The summed E-state index contributed by atoms with van der Waals surface area (Å²) in [5.74, 6) is -1.06. The zero-order valence-corrected chi connectivity index (χ0v) is 4.25. The number of nitrogens with two attached hydrogens (primary N) is 1. The Morgan fingerprint density at radius 3 is 2.17 bits per heavy atom. The highest BCUT2D eigenvalue weighted by molar-refractivity contribution is 6.53. The lowest BCUT2D eigenvalue weighted by molar-refractivity contribution is -0.116. The van der Waals surface area contributed by atoms with Crippen LogP contribution in [-0.4, -0.2) is 10.7 Å². The van der Waals surface area contributed by atoms with Crippen molar-refractivity contribution in [2.45, 2.75) is 4.81 Å². The highest BCUT2D eigenvalue weighted by Gasteiger charge is 2.02. The number of halogens is 2. The van der Waals surface area contributed by atoms with E-state index in [9.17, 15) is 4.79 Å². The summed E-state index contributed by atoms with van der Waals surface area (Å²) in [5.41, 5.74) is 4.48. The highest BCUT2D eigenvalue weighted by Crippen LogP contribution is 1.97. The maximum absolute atomic E-state index is 9.79. The topological polar surface area (TPSA) is 43.1 Å². The standard InChI is InChI=1S/C2H3Cl2NO/c3-1(4)2(5)6/h1H,(H2,5,6)/i1D. The number of alkyl halides is 2. The second-order valence-corrected chi connectivity index (χ2v) is 1.57. The molecular weight excluding hydrogens is 125 g/mol. The third-order valence-electron chi connectivity index (χ3n) is 0.186. The number of rotatable bonds is 1. The van der Waals surface area contributed by atoms with Crippen LogP contribution in [-0.2, 0) is 4.79 Å². The van der Waals surface area contributed by atoms with E-state index in [0.717, 1.165) is 0 Å². The minimum atomic E-state index is -2.17. The van der Waals surface area contributed by atoms with Gasteiger partial charge in [0, 0.05) is 0 Å². The van der Waals surface area contributed by atoms with Crippen molar-refractivity contribution in [2.24, 2.45) is 5.73 Å². The third-order valence-corrected chi connectivity index (χ3v) is 0.559. The van der Waals surface area contributed by atoms with Gasteiger partial charge in [-0.25, -0.2) is 0 Å². The lowest BCUT2D eigenvalue weighted by atomic mass is 10.8. The van der Waals surface area contributed by atoms with Gasteiger partial charge in [-0.3, -0.25) is 4.79 Å². The Hall–Kier alpha value is 0.0500. The van der Waals surface area contributed by atoms with Crippen LogP contribution in [0.2, 0.25) is 0 Å². The van der Waals surface area contributed by atoms with E-state index >= 15 is 0 Å². The Bertz CT molecular complexity index is 88.2. The molecule has 0 aromatic rings. The Kier molecular flexibility index (Phi) is 1.59. The van der Waals surface area contributed by atoms with E-state index < -0.39 is 10.7 Å². The van der Waals surface area contributed by atoms with E-state index in [1.807, 2.05) is 0 Å². The van der Waals surface area contributed by atoms with Gasteiger partial charge in [-0.2, -0.15) is 0 Å². The fourth-order valence-electron chi connectivity index (χ4n) is 0. The lowest BCUT2D eigenvalue weighted by Gasteiger charge is -1.85. The molecule has 6 heavy (non-hydrogen) atoms. The molecule has 0 aromatic carbocycles. The molecule has 36 valence electrons. The summed E-state index contributed by atoms with van der Waals surface area (Å²) in [7, 11) is 0. The first-order chi connectivity index (χ1) is 2.94. The van der Waals surface area contributed by atoms with Crippen LogP contribution in [0.5, 0.6) is 0 Å². The van der Waals surface area contributed by atoms with Gasteiger partial charge in [0.15, 0.2) is 4.81 Å². The molecule has 0 aliphatic heterocycles. The minimum absolute atomic E-state index is 1.06. The first-order valence-corrected chi connectivity index (χ1v) is 1.88. The Balaban J connectivity index is 3.79. The van der Waals surface area contributed by atoms with Crippen LogP contribution in [0, 0.1) is 0 Å². The molecule has 0 atom stereocenters. The quantitative estimate of drug-likeness (QED) is 0.507. The summed E-state index contributed by atoms with van der Waals surface area (Å²) < 4.78 is 6.44. The SMILES string of the molecule is [2H]C(Cl)(Cl)C(N)=O. The zero-order chi connectivity index (χ0) is 6.08. The average Bonchev–Trinajstić information content (AvgIpc) is 1.31. The molecule has 2 nitrogen and oxygen atoms in total. The van der Waals surface area contributed by atoms with Crippen molar-refractivity contribution in [3.8, 4) is 0 Å². The fourth-order valence-corrected chi connectivity index (χ4v) is 0. The molecule has 0 rings (SSSR count). The van der Waals surface area contributed by atoms with Crippen LogP contribution in [0.3, 0.4) is 0 Å². The zero-order valence-electron chi connectivity index (χ0n) is 3.74. The molecule has 0 fully saturated rings. The molecule has 0 unspecified atom stereocenters. The van der Waals surface area contributed by atoms with Gasteiger partial charge < -0.3 is 5.73 Å². The lowest BCUT2D eigenvalue weighted by Crippen LogP contribution is -2.17. The highest BCUT2D eigenvalue weighted by atomic mass is 35.5. The van der Waals surface area contributed by atoms with Gasteiger partial charge in [0.05, 0.1) is 1.37 Å². The first-order valence-electron chi connectivity index (χ1n) is 1.62. The maximum atomic E-state index is 9.79. The van der Waals surface area contributed by atoms with Crippen LogP contribution in [0.15, 0.2) is 0 Å². The minimum Gasteiger partial charge on any atom is -0.367 e. The molecule has 0 radical (unpaired) electrons. The van der Waals surface area contributed by atoms with Crippen LogP contribution in [0.4, 0.5) is 0 Å². The van der Waals surface area contributed by atoms with Crippen LogP contribution >= 0.6 is 23.2 Å². The molecule has 0 bridgehead atoms. The number of hydrogen-bond donors (Lipinski definition) is 1. The fraction of sp³-hybridized carbons (Fsp3) is 0.500. The monoisotopic (exact) mass is 128 g/mol. The summed E-state index contributed by atoms with van der Waals surface area (Å²) >= 11 is 9.65. The van der Waals surface area contributed by atoms with E-state index in [1.165, 1.54) is 0 Å². The second kappa shape index (κ2) is 2.26. The van der Waals surface area contributed by atoms with Gasteiger partial charge in [-0.1, -0.05) is 23.2 Å². The Morgan fingerprint density at radius 2 is 2.17 bits per heavy atom. The van der Waals surface area contributed by atoms with Crippen molar-refractivity contribution >= 4 is 29.1 Å². The maximum Gasteiger partial charge on any atom is 0.250 e. The van der Waals surface area contributed by atoms with Crippen LogP contribution in [0.25, 0.3) is 0 Å². The summed E-state index contributed by atoms with van der Waals surface area (Å²) in [4.78, 5) is 7.62. The van der Waals surface area contributed by atoms with Gasteiger partial charge in [-0.05, 0) is 0 Å². The molecule has 1 amide bonds. The molecule has 0 aliphatic rings. The number of amides is 1. The van der Waals surface area contributed by atoms with Gasteiger partial charge in [-0.15, -0.1) is 0 Å². The predicted molar refractivity (Wildman–Crippen MR) is 24.7 cm³/mol. The molecule has 0 saturated heterocycles. The van der Waals surface area contributed by atoms with Crippen molar-refractivity contribution in [3.05, 3.63) is 0 Å². The molecule has 0 aliphatic carbocycles. The molecule has 0 saturated carbocycles. The number of carbonyl (C=O) groups excluding carboxylic acids is 1. The number of primary amides is 1. The van der Waals surface area contributed by atoms with Gasteiger partial charge in [0.2, 0.25) is 0 Å². The Labute approximate surface area is 46.6 Å². The van der Waals surface area contributed by atoms with Crippen LogP contribution < -0.4 is 5.73 Å². The number of hydrogen-bond acceptors (Lipinski definition) is 1. The smallest absolute Gasteiger partial charge is 0.250 e. The van der Waals surface area contributed by atoms with E-state index in [4.69, 9.17) is 24.6 Å². The van der Waals surface area contributed by atoms with Gasteiger partial charge in [0.25, 0.3) is 5.91 Å². The van der Waals surface area contributed by atoms with E-state index in [-0.39, 0.29) is 0 Å². The van der Waals surface area contributed by atoms with Gasteiger partial charge >= 0.3 is 0 Å². The van der Waals surface area contributed by atoms with E-state index in [0.29, 0.717) is 0 Å². The van der Waals surface area contributed by atoms with Crippen molar-refractivity contribution in [1.82, 2.24) is 0 Å². The molecule has 0 aromatic heterocycles. The first kappa shape index (κ1) is 4.22. The molecule has 0 heterocycles. The second-order valence-electron chi connectivity index (χ2n) is 0.625. The summed E-state index contributed by atoms with van der Waals surface area (Å²) in [6.45, 7) is 0. The van der Waals surface area contributed by atoms with Crippen molar-refractivity contribution in [3.63, 3.8) is 0 Å². The molecule has 2 N–H and O–H groups in total. The summed E-state index contributed by atoms with van der Waals surface area (Å²) in [6, 6.07) is 0. The Morgan fingerprint density at radius 1 is 2.00 bits per heavy atom.